The molecule has 2 aromatic carbocycles. The van der Waals surface area contributed by atoms with E-state index in [1.165, 1.54) is 48.7 Å². The van der Waals surface area contributed by atoms with Crippen LogP contribution in [0.1, 0.15) is 22.3 Å². The van der Waals surface area contributed by atoms with Crippen LogP contribution in [0.2, 0.25) is 0 Å². The zero-order valence-corrected chi connectivity index (χ0v) is 22.1. The van der Waals surface area contributed by atoms with Crippen LogP contribution >= 0.6 is 12.2 Å². The van der Waals surface area contributed by atoms with E-state index in [2.05, 4.69) is 20.6 Å². The molecule has 0 unspecified atom stereocenters. The third-order valence-electron chi connectivity index (χ3n) is 5.51. The number of imidazole rings is 1. The number of alkyl halides is 3. The van der Waals surface area contributed by atoms with E-state index in [1.807, 2.05) is 0 Å². The first-order valence-corrected chi connectivity index (χ1v) is 12.2. The van der Waals surface area contributed by atoms with Gasteiger partial charge in [-0.15, -0.1) is 0 Å². The number of ketones is 1. The van der Waals surface area contributed by atoms with Crippen LogP contribution in [0.5, 0.6) is 11.6 Å². The van der Waals surface area contributed by atoms with Crippen molar-refractivity contribution in [3.63, 3.8) is 0 Å². The van der Waals surface area contributed by atoms with E-state index in [0.29, 0.717) is 11.6 Å². The Bertz CT molecular complexity index is 1560. The smallest absolute Gasteiger partial charge is 0.418 e. The average Bonchev–Trinajstić information content (AvgIpc) is 3.47. The van der Waals surface area contributed by atoms with Gasteiger partial charge < -0.3 is 24.7 Å². The van der Waals surface area contributed by atoms with Crippen LogP contribution in [0.3, 0.4) is 0 Å². The molecule has 0 radical (unpaired) electrons. The Morgan fingerprint density at radius 1 is 1.05 bits per heavy atom. The van der Waals surface area contributed by atoms with E-state index in [0.717, 1.165) is 24.3 Å². The van der Waals surface area contributed by atoms with Crippen LogP contribution in [0.25, 0.3) is 5.69 Å². The summed E-state index contributed by atoms with van der Waals surface area (Å²) in [6, 6.07) is 9.65. The highest BCUT2D eigenvalue weighted by atomic mass is 32.1. The third-order valence-corrected chi connectivity index (χ3v) is 5.76. The largest absolute Gasteiger partial charge is 0.483 e. The fraction of sp³-hybridized carbons (Fsp3) is 0.148. The Labute approximate surface area is 236 Å². The number of methoxy groups -OCH3 is 1. The van der Waals surface area contributed by atoms with Gasteiger partial charge in [0.05, 0.1) is 48.0 Å². The molecule has 0 aliphatic rings. The van der Waals surface area contributed by atoms with Crippen LogP contribution < -0.4 is 20.1 Å². The second kappa shape index (κ2) is 12.6. The lowest BCUT2D eigenvalue weighted by Gasteiger charge is -2.15. The molecule has 2 aromatic heterocycles. The minimum atomic E-state index is -4.72. The molecule has 4 aromatic rings. The molecule has 0 saturated carbocycles. The molecule has 212 valence electrons. The van der Waals surface area contributed by atoms with Crippen LogP contribution in [0.15, 0.2) is 73.4 Å². The molecule has 0 atom stereocenters. The number of ether oxygens (including phenoxy) is 2. The molecule has 0 bridgehead atoms. The number of amides is 1. The van der Waals surface area contributed by atoms with E-state index in [-0.39, 0.29) is 28.3 Å². The van der Waals surface area contributed by atoms with Crippen molar-refractivity contribution >= 4 is 40.3 Å². The van der Waals surface area contributed by atoms with Gasteiger partial charge in [0, 0.05) is 29.7 Å². The number of hydrogen-bond acceptors (Lipinski definition) is 7. The Kier molecular flexibility index (Phi) is 8.92. The van der Waals surface area contributed by atoms with Crippen LogP contribution in [0, 0.1) is 5.82 Å². The van der Waals surface area contributed by atoms with Gasteiger partial charge in [-0.2, -0.15) is 13.2 Å². The number of aromatic nitrogens is 3. The molecule has 0 saturated heterocycles. The van der Waals surface area contributed by atoms with Gasteiger partial charge in [0.2, 0.25) is 5.88 Å². The van der Waals surface area contributed by atoms with Crippen molar-refractivity contribution in [3.05, 3.63) is 90.4 Å². The lowest BCUT2D eigenvalue weighted by Crippen LogP contribution is -2.20. The number of halogens is 4. The van der Waals surface area contributed by atoms with Crippen molar-refractivity contribution in [2.24, 2.45) is 0 Å². The van der Waals surface area contributed by atoms with Crippen molar-refractivity contribution in [3.8, 4) is 17.3 Å². The van der Waals surface area contributed by atoms with Crippen LogP contribution in [-0.4, -0.2) is 44.9 Å². The predicted molar refractivity (Wildman–Crippen MR) is 145 cm³/mol. The number of nitrogens with zero attached hydrogens (tertiary/aromatic N) is 3. The van der Waals surface area contributed by atoms with E-state index in [4.69, 9.17) is 21.7 Å². The number of nitrogens with one attached hydrogen (secondary N) is 2. The summed E-state index contributed by atoms with van der Waals surface area (Å²) < 4.78 is 66.8. The third kappa shape index (κ3) is 7.63. The molecule has 2 N–H and O–H groups in total. The molecule has 1 amide bonds. The summed E-state index contributed by atoms with van der Waals surface area (Å²) in [6.07, 6.45) is 0.456. The van der Waals surface area contributed by atoms with Gasteiger partial charge in [-0.05, 0) is 42.5 Å². The summed E-state index contributed by atoms with van der Waals surface area (Å²) in [6.45, 7) is -0.546. The minimum Gasteiger partial charge on any atom is -0.483 e. The van der Waals surface area contributed by atoms with Gasteiger partial charge in [0.1, 0.15) is 6.61 Å². The van der Waals surface area contributed by atoms with Crippen molar-refractivity contribution in [1.82, 2.24) is 14.5 Å². The molecule has 0 spiro atoms. The van der Waals surface area contributed by atoms with Crippen LogP contribution in [-0.2, 0) is 11.0 Å². The highest BCUT2D eigenvalue weighted by Gasteiger charge is 2.34. The molecule has 9 nitrogen and oxygen atoms in total. The molecule has 0 aliphatic carbocycles. The van der Waals surface area contributed by atoms with E-state index in [1.54, 1.807) is 12.1 Å². The monoisotopic (exact) mass is 587 g/mol. The van der Waals surface area contributed by atoms with Crippen molar-refractivity contribution in [2.45, 2.75) is 12.6 Å². The number of pyridine rings is 1. The lowest BCUT2D eigenvalue weighted by molar-refractivity contribution is -0.137. The quantitative estimate of drug-likeness (QED) is 0.186. The maximum absolute atomic E-state index is 14.3. The van der Waals surface area contributed by atoms with Crippen molar-refractivity contribution in [1.29, 1.82) is 0 Å². The summed E-state index contributed by atoms with van der Waals surface area (Å²) in [5.74, 6) is -2.13. The Morgan fingerprint density at radius 3 is 2.49 bits per heavy atom. The number of hydrogen-bond donors (Lipinski definition) is 2. The summed E-state index contributed by atoms with van der Waals surface area (Å²) in [4.78, 5) is 33.0. The summed E-state index contributed by atoms with van der Waals surface area (Å²) in [5.41, 5.74) is -0.879. The standard InChI is InChI=1S/C27H21F4N5O4S/c1-39-24-7-4-18(13-33-24)34-25(41)12-19(37)14-40-23-10-16(2-5-21(23)28)26(38)35-17-3-6-22(36-9-8-32-15-36)20(11-17)27(29,30)31/h2-11,13,15H,12,14H2,1H3,(H,34,41)(H,35,38). The Morgan fingerprint density at radius 2 is 1.83 bits per heavy atom. The number of thiocarbonyl (C=S) groups is 1. The van der Waals surface area contributed by atoms with Gasteiger partial charge in [-0.3, -0.25) is 9.59 Å². The van der Waals surface area contributed by atoms with Crippen molar-refractivity contribution in [2.75, 3.05) is 24.4 Å². The van der Waals surface area contributed by atoms with E-state index in [9.17, 15) is 27.2 Å². The summed E-state index contributed by atoms with van der Waals surface area (Å²) in [5, 5.41) is 5.20. The highest BCUT2D eigenvalue weighted by Crippen LogP contribution is 2.35. The molecule has 14 heteroatoms. The first-order valence-electron chi connectivity index (χ1n) is 11.8. The van der Waals surface area contributed by atoms with Gasteiger partial charge in [0.15, 0.2) is 17.3 Å². The van der Waals surface area contributed by atoms with Gasteiger partial charge in [-0.1, -0.05) is 12.2 Å². The maximum Gasteiger partial charge on any atom is 0.418 e. The normalized spacial score (nSPS) is 11.0. The fourth-order valence-electron chi connectivity index (χ4n) is 3.59. The van der Waals surface area contributed by atoms with E-state index >= 15 is 0 Å². The van der Waals surface area contributed by atoms with Gasteiger partial charge in [-0.25, -0.2) is 14.4 Å². The highest BCUT2D eigenvalue weighted by molar-refractivity contribution is 7.80. The molecule has 0 aliphatic heterocycles. The maximum atomic E-state index is 14.3. The minimum absolute atomic E-state index is 0.106. The fourth-order valence-corrected chi connectivity index (χ4v) is 3.87. The second-order valence-electron chi connectivity index (χ2n) is 8.44. The average molecular weight is 588 g/mol. The SMILES string of the molecule is COc1ccc(NC(=S)CC(=O)COc2cc(C(=O)Nc3ccc(-n4ccnc4)c(C(F)(F)F)c3)ccc2F)cn1. The first-order chi connectivity index (χ1) is 19.5. The topological polar surface area (TPSA) is 107 Å². The zero-order chi connectivity index (χ0) is 29.6. The Balaban J connectivity index is 1.38. The molecular weight excluding hydrogens is 566 g/mol. The zero-order valence-electron chi connectivity index (χ0n) is 21.2. The molecule has 41 heavy (non-hydrogen) atoms. The molecule has 4 rings (SSSR count). The number of rotatable bonds is 10. The molecular formula is C27H21F4N5O4S. The lowest BCUT2D eigenvalue weighted by atomic mass is 10.1. The Hall–Kier alpha value is -4.85. The first kappa shape index (κ1) is 29.1. The number of benzene rings is 2. The second-order valence-corrected chi connectivity index (χ2v) is 8.93. The number of Topliss-reactive ketones (excluding diaryl/α,β-unsaturated/α-hetero) is 1. The number of carbonyl (C=O) groups is 2. The van der Waals surface area contributed by atoms with E-state index < -0.39 is 41.6 Å². The number of carbonyl (C=O) groups excluding carboxylic acids is 2. The van der Waals surface area contributed by atoms with Crippen LogP contribution in [0.4, 0.5) is 28.9 Å². The number of anilines is 2. The van der Waals surface area contributed by atoms with Crippen molar-refractivity contribution < 1.29 is 36.6 Å². The molecule has 0 fully saturated rings. The summed E-state index contributed by atoms with van der Waals surface area (Å²) in [7, 11) is 1.47. The summed E-state index contributed by atoms with van der Waals surface area (Å²) >= 11 is 5.16. The van der Waals surface area contributed by atoms with Gasteiger partial charge in [0.25, 0.3) is 5.91 Å². The predicted octanol–water partition coefficient (Wildman–Crippen LogP) is 5.46. The van der Waals surface area contributed by atoms with Gasteiger partial charge >= 0.3 is 6.18 Å². The molecule has 2 heterocycles.